The molecule has 14 heavy (non-hydrogen) atoms. The molecular formula is C9H10O4Zn. The molecule has 0 heterocycles. The van der Waals surface area contributed by atoms with Crippen molar-refractivity contribution < 1.29 is 38.9 Å². The molecule has 0 spiro atoms. The SMILES string of the molecule is COc1ccc(OC)c(C(=O)O)c1.[Zn]. The van der Waals surface area contributed by atoms with Gasteiger partial charge in [0.1, 0.15) is 17.1 Å². The summed E-state index contributed by atoms with van der Waals surface area (Å²) in [5, 5.41) is 8.78. The number of carboxylic acid groups (broad SMARTS) is 1. The Hall–Kier alpha value is -1.09. The summed E-state index contributed by atoms with van der Waals surface area (Å²) >= 11 is 0. The molecule has 0 atom stereocenters. The monoisotopic (exact) mass is 246 g/mol. The van der Waals surface area contributed by atoms with Crippen LogP contribution in [0.1, 0.15) is 10.4 Å². The van der Waals surface area contributed by atoms with Gasteiger partial charge < -0.3 is 14.6 Å². The Balaban J connectivity index is 0.00000169. The number of carbonyl (C=O) groups is 1. The number of methoxy groups -OCH3 is 2. The zero-order valence-corrected chi connectivity index (χ0v) is 11.1. The molecular weight excluding hydrogens is 237 g/mol. The van der Waals surface area contributed by atoms with Crippen molar-refractivity contribution in [2.45, 2.75) is 0 Å². The van der Waals surface area contributed by atoms with E-state index in [-0.39, 0.29) is 25.0 Å². The molecule has 1 aromatic rings. The van der Waals surface area contributed by atoms with Crippen LogP contribution in [0, 0.1) is 0 Å². The molecule has 0 radical (unpaired) electrons. The van der Waals surface area contributed by atoms with E-state index >= 15 is 0 Å². The molecule has 0 aliphatic heterocycles. The van der Waals surface area contributed by atoms with Gasteiger partial charge in [-0.1, -0.05) is 0 Å². The van der Waals surface area contributed by atoms with E-state index in [0.717, 1.165) is 0 Å². The summed E-state index contributed by atoms with van der Waals surface area (Å²) in [7, 11) is 2.90. The first kappa shape index (κ1) is 12.9. The molecule has 0 aliphatic carbocycles. The summed E-state index contributed by atoms with van der Waals surface area (Å²) in [5.74, 6) is -0.206. The van der Waals surface area contributed by atoms with Crippen LogP contribution in [0.2, 0.25) is 0 Å². The number of carboxylic acids is 1. The average Bonchev–Trinajstić information content (AvgIpc) is 2.16. The maximum Gasteiger partial charge on any atom is 0.339 e. The van der Waals surface area contributed by atoms with Crippen LogP contribution in [0.5, 0.6) is 11.5 Å². The van der Waals surface area contributed by atoms with Crippen molar-refractivity contribution >= 4 is 5.97 Å². The van der Waals surface area contributed by atoms with Crippen molar-refractivity contribution in [3.8, 4) is 11.5 Å². The van der Waals surface area contributed by atoms with E-state index < -0.39 is 5.97 Å². The zero-order valence-electron chi connectivity index (χ0n) is 8.11. The van der Waals surface area contributed by atoms with Gasteiger partial charge in [-0.25, -0.2) is 4.79 Å². The van der Waals surface area contributed by atoms with Crippen molar-refractivity contribution in [3.05, 3.63) is 23.8 Å². The Morgan fingerprint density at radius 3 is 2.36 bits per heavy atom. The van der Waals surface area contributed by atoms with Crippen LogP contribution in [-0.2, 0) is 19.5 Å². The summed E-state index contributed by atoms with van der Waals surface area (Å²) in [4.78, 5) is 10.7. The molecule has 4 nitrogen and oxygen atoms in total. The summed E-state index contributed by atoms with van der Waals surface area (Å²) in [6.07, 6.45) is 0. The molecule has 1 N–H and O–H groups in total. The van der Waals surface area contributed by atoms with E-state index in [9.17, 15) is 4.79 Å². The first-order valence-corrected chi connectivity index (χ1v) is 3.64. The molecule has 0 aromatic heterocycles. The number of rotatable bonds is 3. The van der Waals surface area contributed by atoms with Crippen LogP contribution in [0.3, 0.4) is 0 Å². The standard InChI is InChI=1S/C9H10O4.Zn/c1-12-6-3-4-8(13-2)7(5-6)9(10)11;/h3-5H,1-2H3,(H,10,11);. The van der Waals surface area contributed by atoms with Crippen molar-refractivity contribution in [1.29, 1.82) is 0 Å². The summed E-state index contributed by atoms with van der Waals surface area (Å²) < 4.78 is 9.76. The van der Waals surface area contributed by atoms with Gasteiger partial charge in [0.25, 0.3) is 0 Å². The number of benzene rings is 1. The third kappa shape index (κ3) is 2.70. The molecule has 0 unspecified atom stereocenters. The first-order chi connectivity index (χ1) is 6.19. The normalized spacial score (nSPS) is 8.71. The fraction of sp³-hybridized carbons (Fsp3) is 0.222. The average molecular weight is 248 g/mol. The van der Waals surface area contributed by atoms with Crippen LogP contribution < -0.4 is 9.47 Å². The molecule has 0 fully saturated rings. The predicted molar refractivity (Wildman–Crippen MR) is 46.5 cm³/mol. The molecule has 0 amide bonds. The van der Waals surface area contributed by atoms with Crippen LogP contribution in [0.15, 0.2) is 18.2 Å². The molecule has 1 aromatic carbocycles. The van der Waals surface area contributed by atoms with Gasteiger partial charge in [-0.05, 0) is 18.2 Å². The largest absolute Gasteiger partial charge is 0.497 e. The molecule has 0 saturated carbocycles. The van der Waals surface area contributed by atoms with Crippen molar-refractivity contribution in [2.75, 3.05) is 14.2 Å². The van der Waals surface area contributed by atoms with E-state index in [0.29, 0.717) is 11.5 Å². The van der Waals surface area contributed by atoms with Gasteiger partial charge >= 0.3 is 5.97 Å². The quantitative estimate of drug-likeness (QED) is 0.821. The zero-order chi connectivity index (χ0) is 9.84. The van der Waals surface area contributed by atoms with Crippen molar-refractivity contribution in [1.82, 2.24) is 0 Å². The Bertz CT molecular complexity index is 325. The fourth-order valence-corrected chi connectivity index (χ4v) is 0.981. The second-order valence-electron chi connectivity index (χ2n) is 2.37. The summed E-state index contributed by atoms with van der Waals surface area (Å²) in [5.41, 5.74) is 0.0989. The maximum absolute atomic E-state index is 10.7. The maximum atomic E-state index is 10.7. The first-order valence-electron chi connectivity index (χ1n) is 3.64. The van der Waals surface area contributed by atoms with Gasteiger partial charge in [0.15, 0.2) is 0 Å². The summed E-state index contributed by atoms with van der Waals surface area (Å²) in [6, 6.07) is 4.62. The van der Waals surface area contributed by atoms with Gasteiger partial charge in [-0.2, -0.15) is 0 Å². The van der Waals surface area contributed by atoms with Crippen molar-refractivity contribution in [2.24, 2.45) is 0 Å². The minimum absolute atomic E-state index is 0. The molecule has 0 aliphatic rings. The van der Waals surface area contributed by atoms with Gasteiger partial charge in [0.05, 0.1) is 14.2 Å². The number of aromatic carboxylic acids is 1. The molecule has 0 saturated heterocycles. The Kier molecular flexibility index (Phi) is 5.17. The third-order valence-electron chi connectivity index (χ3n) is 1.64. The number of hydrogen-bond acceptors (Lipinski definition) is 3. The minimum atomic E-state index is -1.03. The molecule has 5 heteroatoms. The van der Waals surface area contributed by atoms with Gasteiger partial charge in [0.2, 0.25) is 0 Å². The van der Waals surface area contributed by atoms with Crippen LogP contribution >= 0.6 is 0 Å². The number of hydrogen-bond donors (Lipinski definition) is 1. The Labute approximate surface area is 94.6 Å². The van der Waals surface area contributed by atoms with Crippen LogP contribution in [0.4, 0.5) is 0 Å². The predicted octanol–water partition coefficient (Wildman–Crippen LogP) is 1.40. The smallest absolute Gasteiger partial charge is 0.339 e. The Morgan fingerprint density at radius 1 is 1.29 bits per heavy atom. The van der Waals surface area contributed by atoms with E-state index in [1.165, 1.54) is 20.3 Å². The van der Waals surface area contributed by atoms with E-state index in [4.69, 9.17) is 14.6 Å². The van der Waals surface area contributed by atoms with E-state index in [1.807, 2.05) is 0 Å². The second-order valence-corrected chi connectivity index (χ2v) is 2.37. The van der Waals surface area contributed by atoms with Crippen LogP contribution in [-0.4, -0.2) is 25.3 Å². The van der Waals surface area contributed by atoms with E-state index in [2.05, 4.69) is 0 Å². The van der Waals surface area contributed by atoms with Gasteiger partial charge in [-0.3, -0.25) is 0 Å². The van der Waals surface area contributed by atoms with E-state index in [1.54, 1.807) is 12.1 Å². The fourth-order valence-electron chi connectivity index (χ4n) is 0.981. The third-order valence-corrected chi connectivity index (χ3v) is 1.64. The van der Waals surface area contributed by atoms with Crippen LogP contribution in [0.25, 0.3) is 0 Å². The van der Waals surface area contributed by atoms with Gasteiger partial charge in [0, 0.05) is 19.5 Å². The molecule has 1 rings (SSSR count). The number of ether oxygens (including phenoxy) is 2. The molecule has 72 valence electrons. The van der Waals surface area contributed by atoms with Gasteiger partial charge in [-0.15, -0.1) is 0 Å². The minimum Gasteiger partial charge on any atom is -0.497 e. The second kappa shape index (κ2) is 5.60. The Morgan fingerprint density at radius 2 is 1.93 bits per heavy atom. The topological polar surface area (TPSA) is 55.8 Å². The van der Waals surface area contributed by atoms with Crippen molar-refractivity contribution in [3.63, 3.8) is 0 Å². The summed E-state index contributed by atoms with van der Waals surface area (Å²) in [6.45, 7) is 0. The molecule has 0 bridgehead atoms.